The van der Waals surface area contributed by atoms with Crippen LogP contribution in [-0.2, 0) is 4.79 Å². The number of carbonyl (C=O) groups excluding carboxylic acids is 2. The zero-order valence-corrected chi connectivity index (χ0v) is 15.7. The molecule has 1 aromatic carbocycles. The Labute approximate surface area is 168 Å². The number of hydrogen-bond acceptors (Lipinski definition) is 4. The molecule has 0 atom stereocenters. The Morgan fingerprint density at radius 1 is 1.18 bits per heavy atom. The summed E-state index contributed by atoms with van der Waals surface area (Å²) in [6, 6.07) is 10.4. The number of nitrogens with one attached hydrogen (secondary N) is 1. The maximum Gasteiger partial charge on any atom is 0.276 e. The number of aromatic nitrogens is 3. The van der Waals surface area contributed by atoms with E-state index in [0.717, 1.165) is 0 Å². The first-order chi connectivity index (χ1) is 13.4. The molecule has 0 unspecified atom stereocenters. The SMILES string of the molecule is O=C1CN(C(=O)c2cc(-c3cc(F)cc(Cl)c3)n(-c3cccc(Cl)n3)n2)CN1. The van der Waals surface area contributed by atoms with E-state index >= 15 is 0 Å². The van der Waals surface area contributed by atoms with Crippen molar-refractivity contribution in [2.45, 2.75) is 0 Å². The van der Waals surface area contributed by atoms with Crippen molar-refractivity contribution in [1.82, 2.24) is 25.0 Å². The van der Waals surface area contributed by atoms with E-state index in [-0.39, 0.29) is 35.0 Å². The Morgan fingerprint density at radius 3 is 2.68 bits per heavy atom. The second-order valence-corrected chi connectivity index (χ2v) is 6.89. The molecule has 2 amide bonds. The summed E-state index contributed by atoms with van der Waals surface area (Å²) in [5.74, 6) is -0.876. The second-order valence-electron chi connectivity index (χ2n) is 6.06. The summed E-state index contributed by atoms with van der Waals surface area (Å²) in [5, 5.41) is 7.32. The average Bonchev–Trinajstić information content (AvgIpc) is 3.27. The number of halogens is 3. The number of nitrogens with zero attached hydrogens (tertiary/aromatic N) is 4. The quantitative estimate of drug-likeness (QED) is 0.661. The van der Waals surface area contributed by atoms with Gasteiger partial charge in [-0.05, 0) is 36.4 Å². The van der Waals surface area contributed by atoms with Crippen LogP contribution in [0.25, 0.3) is 17.1 Å². The molecule has 0 radical (unpaired) electrons. The highest BCUT2D eigenvalue weighted by molar-refractivity contribution is 6.30. The zero-order valence-electron chi connectivity index (χ0n) is 14.2. The van der Waals surface area contributed by atoms with Crippen molar-refractivity contribution in [2.75, 3.05) is 13.2 Å². The molecule has 1 fully saturated rings. The Morgan fingerprint density at radius 2 is 2.00 bits per heavy atom. The third kappa shape index (κ3) is 3.56. The predicted molar refractivity (Wildman–Crippen MR) is 101 cm³/mol. The summed E-state index contributed by atoms with van der Waals surface area (Å²) >= 11 is 12.0. The fourth-order valence-corrected chi connectivity index (χ4v) is 3.24. The topological polar surface area (TPSA) is 80.1 Å². The molecule has 0 aliphatic carbocycles. The molecule has 4 rings (SSSR count). The average molecular weight is 420 g/mol. The molecule has 1 aliphatic rings. The standard InChI is InChI=1S/C18H12Cl2FN5O2/c19-11-4-10(5-12(21)6-11)14-7-13(18(28)25-8-17(27)22-9-25)24-26(14)16-3-1-2-15(20)23-16/h1-7H,8-9H2,(H,22,27). The molecule has 0 saturated carbocycles. The van der Waals surface area contributed by atoms with Crippen molar-refractivity contribution in [3.8, 4) is 17.1 Å². The van der Waals surface area contributed by atoms with Gasteiger partial charge in [0.25, 0.3) is 5.91 Å². The molecule has 1 saturated heterocycles. The first-order valence-corrected chi connectivity index (χ1v) is 8.92. The monoisotopic (exact) mass is 419 g/mol. The van der Waals surface area contributed by atoms with E-state index in [0.29, 0.717) is 17.1 Å². The molecular formula is C18H12Cl2FN5O2. The fourth-order valence-electron chi connectivity index (χ4n) is 2.86. The van der Waals surface area contributed by atoms with Crippen molar-refractivity contribution in [3.05, 3.63) is 64.2 Å². The van der Waals surface area contributed by atoms with Crippen LogP contribution in [-0.4, -0.2) is 44.7 Å². The van der Waals surface area contributed by atoms with E-state index in [1.54, 1.807) is 24.3 Å². The summed E-state index contributed by atoms with van der Waals surface area (Å²) < 4.78 is 15.3. The van der Waals surface area contributed by atoms with Crippen LogP contribution in [0.4, 0.5) is 4.39 Å². The van der Waals surface area contributed by atoms with Gasteiger partial charge in [0.1, 0.15) is 17.5 Å². The molecule has 3 aromatic rings. The van der Waals surface area contributed by atoms with Gasteiger partial charge in [-0.15, -0.1) is 0 Å². The molecule has 3 heterocycles. The minimum Gasteiger partial charge on any atom is -0.337 e. The second kappa shape index (κ2) is 7.21. The van der Waals surface area contributed by atoms with Gasteiger partial charge in [-0.1, -0.05) is 29.3 Å². The number of carbonyl (C=O) groups is 2. The van der Waals surface area contributed by atoms with Crippen molar-refractivity contribution >= 4 is 35.0 Å². The maximum atomic E-state index is 13.9. The van der Waals surface area contributed by atoms with Crippen LogP contribution in [0.15, 0.2) is 42.5 Å². The van der Waals surface area contributed by atoms with E-state index in [4.69, 9.17) is 23.2 Å². The van der Waals surface area contributed by atoms with Crippen LogP contribution in [0.1, 0.15) is 10.5 Å². The predicted octanol–water partition coefficient (Wildman–Crippen LogP) is 2.91. The van der Waals surface area contributed by atoms with Gasteiger partial charge >= 0.3 is 0 Å². The molecule has 142 valence electrons. The first-order valence-electron chi connectivity index (χ1n) is 8.16. The van der Waals surface area contributed by atoms with Crippen molar-refractivity contribution in [2.24, 2.45) is 0 Å². The lowest BCUT2D eigenvalue weighted by Gasteiger charge is -2.10. The summed E-state index contributed by atoms with van der Waals surface area (Å²) in [6.07, 6.45) is 0. The Bertz CT molecular complexity index is 1080. The lowest BCUT2D eigenvalue weighted by molar-refractivity contribution is -0.118. The van der Waals surface area contributed by atoms with Gasteiger partial charge in [0.2, 0.25) is 5.91 Å². The van der Waals surface area contributed by atoms with Gasteiger partial charge < -0.3 is 10.2 Å². The molecule has 1 aliphatic heterocycles. The van der Waals surface area contributed by atoms with E-state index < -0.39 is 11.7 Å². The van der Waals surface area contributed by atoms with Crippen molar-refractivity contribution in [3.63, 3.8) is 0 Å². The highest BCUT2D eigenvalue weighted by Crippen LogP contribution is 2.28. The summed E-state index contributed by atoms with van der Waals surface area (Å²) in [7, 11) is 0. The number of pyridine rings is 1. The van der Waals surface area contributed by atoms with Crippen LogP contribution in [0.3, 0.4) is 0 Å². The number of hydrogen-bond donors (Lipinski definition) is 1. The minimum atomic E-state index is -0.531. The highest BCUT2D eigenvalue weighted by Gasteiger charge is 2.27. The highest BCUT2D eigenvalue weighted by atomic mass is 35.5. The van der Waals surface area contributed by atoms with Gasteiger partial charge in [0, 0.05) is 10.6 Å². The van der Waals surface area contributed by atoms with Gasteiger partial charge in [0.15, 0.2) is 11.5 Å². The van der Waals surface area contributed by atoms with Crippen LogP contribution < -0.4 is 5.32 Å². The third-order valence-corrected chi connectivity index (χ3v) is 4.52. The molecule has 10 heteroatoms. The maximum absolute atomic E-state index is 13.9. The van der Waals surface area contributed by atoms with Crippen LogP contribution in [0.2, 0.25) is 10.2 Å². The molecule has 28 heavy (non-hydrogen) atoms. The van der Waals surface area contributed by atoms with Crippen molar-refractivity contribution in [1.29, 1.82) is 0 Å². The van der Waals surface area contributed by atoms with E-state index in [1.165, 1.54) is 27.8 Å². The lowest BCUT2D eigenvalue weighted by atomic mass is 10.1. The molecule has 0 spiro atoms. The minimum absolute atomic E-state index is 0.0533. The Balaban J connectivity index is 1.84. The van der Waals surface area contributed by atoms with Crippen molar-refractivity contribution < 1.29 is 14.0 Å². The first kappa shape index (κ1) is 18.4. The van der Waals surface area contributed by atoms with E-state index in [2.05, 4.69) is 15.4 Å². The summed E-state index contributed by atoms with van der Waals surface area (Å²) in [4.78, 5) is 29.7. The lowest BCUT2D eigenvalue weighted by Crippen LogP contribution is -2.30. The Hall–Kier alpha value is -2.97. The van der Waals surface area contributed by atoms with Crippen LogP contribution in [0, 0.1) is 5.82 Å². The zero-order chi connectivity index (χ0) is 19.8. The molecule has 1 N–H and O–H groups in total. The number of rotatable bonds is 3. The van der Waals surface area contributed by atoms with Crippen LogP contribution in [0.5, 0.6) is 0 Å². The number of benzene rings is 1. The molecular weight excluding hydrogens is 408 g/mol. The third-order valence-electron chi connectivity index (χ3n) is 4.09. The van der Waals surface area contributed by atoms with Crippen LogP contribution >= 0.6 is 23.2 Å². The summed E-state index contributed by atoms with van der Waals surface area (Å²) in [5.41, 5.74) is 0.889. The smallest absolute Gasteiger partial charge is 0.276 e. The van der Waals surface area contributed by atoms with E-state index in [1.807, 2.05) is 0 Å². The Kier molecular flexibility index (Phi) is 4.74. The van der Waals surface area contributed by atoms with Gasteiger partial charge in [0.05, 0.1) is 12.4 Å². The molecule has 2 aromatic heterocycles. The number of amides is 2. The normalized spacial score (nSPS) is 13.7. The molecule has 0 bridgehead atoms. The van der Waals surface area contributed by atoms with Gasteiger partial charge in [-0.25, -0.2) is 14.1 Å². The van der Waals surface area contributed by atoms with Gasteiger partial charge in [-0.2, -0.15) is 5.10 Å². The molecule has 7 nitrogen and oxygen atoms in total. The van der Waals surface area contributed by atoms with Gasteiger partial charge in [-0.3, -0.25) is 9.59 Å². The largest absolute Gasteiger partial charge is 0.337 e. The fraction of sp³-hybridized carbons (Fsp3) is 0.111. The van der Waals surface area contributed by atoms with E-state index in [9.17, 15) is 14.0 Å². The summed E-state index contributed by atoms with van der Waals surface area (Å²) in [6.45, 7) is 0.0449.